The first-order valence-corrected chi connectivity index (χ1v) is 7.41. The van der Waals surface area contributed by atoms with Gasteiger partial charge in [0.1, 0.15) is 12.8 Å². The Labute approximate surface area is 138 Å². The van der Waals surface area contributed by atoms with E-state index in [0.29, 0.717) is 11.1 Å². The van der Waals surface area contributed by atoms with Crippen molar-refractivity contribution in [3.8, 4) is 17.2 Å². The average molecular weight is 320 g/mol. The van der Waals surface area contributed by atoms with Crippen LogP contribution in [0, 0.1) is 11.3 Å². The first-order chi connectivity index (χ1) is 11.6. The number of rotatable bonds is 4. The Morgan fingerprint density at radius 3 is 2.92 bits per heavy atom. The van der Waals surface area contributed by atoms with Crippen LogP contribution in [0.15, 0.2) is 48.7 Å². The third-order valence-electron chi connectivity index (χ3n) is 3.84. The van der Waals surface area contributed by atoms with E-state index in [1.807, 2.05) is 24.3 Å². The number of carbonyl (C=O) groups is 1. The topological polar surface area (TPSA) is 115 Å². The summed E-state index contributed by atoms with van der Waals surface area (Å²) in [6.45, 7) is -0.0335. The van der Waals surface area contributed by atoms with Crippen LogP contribution in [0.5, 0.6) is 0 Å². The van der Waals surface area contributed by atoms with Gasteiger partial charge in [-0.15, -0.1) is 0 Å². The maximum absolute atomic E-state index is 12.0. The fraction of sp³-hybridized carbons (Fsp3) is 0.111. The van der Waals surface area contributed by atoms with Gasteiger partial charge in [0.15, 0.2) is 0 Å². The summed E-state index contributed by atoms with van der Waals surface area (Å²) < 4.78 is 0. The molecule has 3 aromatic rings. The lowest BCUT2D eigenvalue weighted by Crippen LogP contribution is -2.23. The zero-order valence-corrected chi connectivity index (χ0v) is 12.8. The number of aliphatic hydroxyl groups is 1. The number of aromatic nitrogens is 1. The van der Waals surface area contributed by atoms with Crippen molar-refractivity contribution in [1.82, 2.24) is 10.3 Å². The largest absolute Gasteiger partial charge is 0.374 e. The number of nitrogens with one attached hydrogen (secondary N) is 2. The number of aliphatic hydroxyl groups excluding tert-OH is 1. The highest BCUT2D eigenvalue weighted by molar-refractivity contribution is 6.00. The highest BCUT2D eigenvalue weighted by Gasteiger charge is 2.13. The fourth-order valence-corrected chi connectivity index (χ4v) is 2.73. The number of H-pyrrole nitrogens is 1. The van der Waals surface area contributed by atoms with Crippen molar-refractivity contribution in [1.29, 1.82) is 5.26 Å². The van der Waals surface area contributed by atoms with Crippen LogP contribution in [0.4, 0.5) is 0 Å². The number of carbonyl (C=O) groups excluding carboxylic acids is 1. The smallest absolute Gasteiger partial charge is 0.252 e. The Hall–Kier alpha value is -3.14. The van der Waals surface area contributed by atoms with Gasteiger partial charge in [-0.25, -0.2) is 0 Å². The summed E-state index contributed by atoms with van der Waals surface area (Å²) in [6.07, 6.45) is 0.715. The van der Waals surface area contributed by atoms with Crippen molar-refractivity contribution in [2.75, 3.05) is 6.54 Å². The van der Waals surface area contributed by atoms with Crippen LogP contribution < -0.4 is 11.1 Å². The third kappa shape index (κ3) is 2.86. The van der Waals surface area contributed by atoms with Crippen LogP contribution in [-0.2, 0) is 0 Å². The molecule has 1 amide bonds. The third-order valence-corrected chi connectivity index (χ3v) is 3.84. The molecular formula is C18H16N4O2. The number of hydrogen-bond acceptors (Lipinski definition) is 4. The number of benzene rings is 2. The number of aromatic amines is 1. The summed E-state index contributed by atoms with van der Waals surface area (Å²) in [7, 11) is 0. The minimum Gasteiger partial charge on any atom is -0.374 e. The monoisotopic (exact) mass is 320 g/mol. The fourth-order valence-electron chi connectivity index (χ4n) is 2.73. The van der Waals surface area contributed by atoms with Crippen molar-refractivity contribution in [3.63, 3.8) is 0 Å². The maximum atomic E-state index is 12.0. The van der Waals surface area contributed by atoms with Crippen LogP contribution in [0.25, 0.3) is 22.0 Å². The zero-order valence-electron chi connectivity index (χ0n) is 12.8. The number of nitrogens with zero attached hydrogens (tertiary/aromatic N) is 1. The maximum Gasteiger partial charge on any atom is 0.252 e. The van der Waals surface area contributed by atoms with E-state index in [1.54, 1.807) is 30.5 Å². The molecule has 3 rings (SSSR count). The Balaban J connectivity index is 2.06. The Bertz CT molecular complexity index is 938. The molecule has 2 aromatic carbocycles. The first kappa shape index (κ1) is 15.7. The summed E-state index contributed by atoms with van der Waals surface area (Å²) >= 11 is 0. The van der Waals surface area contributed by atoms with Gasteiger partial charge in [-0.05, 0) is 29.3 Å². The zero-order chi connectivity index (χ0) is 17.1. The molecule has 0 radical (unpaired) electrons. The first-order valence-electron chi connectivity index (χ1n) is 7.41. The number of hydrogen-bond donors (Lipinski definition) is 4. The van der Waals surface area contributed by atoms with Crippen LogP contribution in [0.1, 0.15) is 22.1 Å². The minimum absolute atomic E-state index is 0.0335. The van der Waals surface area contributed by atoms with E-state index in [9.17, 15) is 9.90 Å². The predicted octanol–water partition coefficient (Wildman–Crippen LogP) is 2.04. The number of nitrogens with two attached hydrogens (primary N) is 1. The van der Waals surface area contributed by atoms with Gasteiger partial charge in [0.25, 0.3) is 5.91 Å². The van der Waals surface area contributed by atoms with Crippen LogP contribution >= 0.6 is 0 Å². The summed E-state index contributed by atoms with van der Waals surface area (Å²) in [5, 5.41) is 21.7. The van der Waals surface area contributed by atoms with Gasteiger partial charge < -0.3 is 21.1 Å². The van der Waals surface area contributed by atoms with E-state index in [1.165, 1.54) is 0 Å². The standard InChI is InChI=1S/C18H16N4O2/c19-7-9-22-18(24)12-3-1-2-11(10-12)13-4-5-15(17(20)23)16-14(13)6-8-21-16/h1-6,8,10,17,21,23H,9,20H2,(H,22,24). The minimum atomic E-state index is -1.07. The summed E-state index contributed by atoms with van der Waals surface area (Å²) in [4.78, 5) is 15.1. The molecule has 120 valence electrons. The number of fused-ring (bicyclic) bond motifs is 1. The molecule has 1 unspecified atom stereocenters. The van der Waals surface area contributed by atoms with Gasteiger partial charge in [0.2, 0.25) is 0 Å². The van der Waals surface area contributed by atoms with E-state index in [2.05, 4.69) is 10.3 Å². The molecule has 0 saturated carbocycles. The van der Waals surface area contributed by atoms with Crippen molar-refractivity contribution in [3.05, 3.63) is 59.8 Å². The Morgan fingerprint density at radius 1 is 1.33 bits per heavy atom. The molecule has 0 spiro atoms. The van der Waals surface area contributed by atoms with E-state index in [0.717, 1.165) is 22.0 Å². The molecule has 0 fully saturated rings. The van der Waals surface area contributed by atoms with Gasteiger partial charge in [0, 0.05) is 22.7 Å². The molecule has 1 atom stereocenters. The van der Waals surface area contributed by atoms with E-state index >= 15 is 0 Å². The second kappa shape index (κ2) is 6.54. The highest BCUT2D eigenvalue weighted by atomic mass is 16.3. The van der Waals surface area contributed by atoms with Crippen molar-refractivity contribution < 1.29 is 9.90 Å². The molecule has 5 N–H and O–H groups in total. The van der Waals surface area contributed by atoms with Gasteiger partial charge >= 0.3 is 0 Å². The van der Waals surface area contributed by atoms with Crippen LogP contribution in [0.3, 0.4) is 0 Å². The normalized spacial score (nSPS) is 11.9. The number of amides is 1. The number of nitriles is 1. The van der Waals surface area contributed by atoms with Crippen LogP contribution in [0.2, 0.25) is 0 Å². The molecule has 0 saturated heterocycles. The average Bonchev–Trinajstić information content (AvgIpc) is 3.08. The molecule has 0 bridgehead atoms. The second-order valence-corrected chi connectivity index (χ2v) is 5.34. The summed E-state index contributed by atoms with van der Waals surface area (Å²) in [5.74, 6) is -0.294. The van der Waals surface area contributed by atoms with E-state index in [-0.39, 0.29) is 12.5 Å². The van der Waals surface area contributed by atoms with Crippen molar-refractivity contribution in [2.45, 2.75) is 6.23 Å². The van der Waals surface area contributed by atoms with Gasteiger partial charge in [-0.3, -0.25) is 4.79 Å². The molecule has 1 aromatic heterocycles. The van der Waals surface area contributed by atoms with E-state index in [4.69, 9.17) is 11.0 Å². The molecule has 0 aliphatic heterocycles. The molecule has 24 heavy (non-hydrogen) atoms. The van der Waals surface area contributed by atoms with Gasteiger partial charge in [-0.2, -0.15) is 5.26 Å². The molecular weight excluding hydrogens is 304 g/mol. The van der Waals surface area contributed by atoms with Crippen molar-refractivity contribution >= 4 is 16.8 Å². The second-order valence-electron chi connectivity index (χ2n) is 5.34. The van der Waals surface area contributed by atoms with Crippen LogP contribution in [-0.4, -0.2) is 22.5 Å². The molecule has 0 aliphatic rings. The van der Waals surface area contributed by atoms with Crippen molar-refractivity contribution in [2.24, 2.45) is 5.73 Å². The quantitative estimate of drug-likeness (QED) is 0.435. The molecule has 1 heterocycles. The molecule has 6 heteroatoms. The van der Waals surface area contributed by atoms with E-state index < -0.39 is 6.23 Å². The molecule has 6 nitrogen and oxygen atoms in total. The molecule has 0 aliphatic carbocycles. The Morgan fingerprint density at radius 2 is 2.17 bits per heavy atom. The SMILES string of the molecule is N#CCNC(=O)c1cccc(-c2ccc(C(N)O)c3[nH]ccc23)c1. The predicted molar refractivity (Wildman–Crippen MR) is 90.8 cm³/mol. The lowest BCUT2D eigenvalue weighted by atomic mass is 9.97. The summed E-state index contributed by atoms with van der Waals surface area (Å²) in [6, 6.07) is 14.6. The summed E-state index contributed by atoms with van der Waals surface area (Å²) in [5.41, 5.74) is 9.24. The lowest BCUT2D eigenvalue weighted by Gasteiger charge is -2.11. The van der Waals surface area contributed by atoms with Gasteiger partial charge in [-0.1, -0.05) is 24.3 Å². The Kier molecular flexibility index (Phi) is 4.29. The van der Waals surface area contributed by atoms with Gasteiger partial charge in [0.05, 0.1) is 11.6 Å². The lowest BCUT2D eigenvalue weighted by molar-refractivity contribution is 0.0958. The highest BCUT2D eigenvalue weighted by Crippen LogP contribution is 2.32.